The van der Waals surface area contributed by atoms with Crippen molar-refractivity contribution in [2.75, 3.05) is 33.3 Å². The van der Waals surface area contributed by atoms with Gasteiger partial charge in [-0.3, -0.25) is 4.79 Å². The van der Waals surface area contributed by atoms with Gasteiger partial charge in [0, 0.05) is 20.1 Å². The molecule has 1 amide bonds. The largest absolute Gasteiger partial charge is 0.404 e. The van der Waals surface area contributed by atoms with Gasteiger partial charge in [-0.25, -0.2) is 0 Å². The molecule has 19 heavy (non-hydrogen) atoms. The lowest BCUT2D eigenvalue weighted by molar-refractivity contribution is -0.221. The van der Waals surface area contributed by atoms with E-state index < -0.39 is 17.5 Å². The van der Waals surface area contributed by atoms with E-state index in [1.54, 1.807) is 0 Å². The van der Waals surface area contributed by atoms with Crippen LogP contribution in [0, 0.1) is 5.41 Å². The van der Waals surface area contributed by atoms with E-state index >= 15 is 0 Å². The summed E-state index contributed by atoms with van der Waals surface area (Å²) in [5.41, 5.74) is -2.28. The molecule has 4 nitrogen and oxygen atoms in total. The lowest BCUT2D eigenvalue weighted by atomic mass is 9.84. The van der Waals surface area contributed by atoms with E-state index in [-0.39, 0.29) is 38.8 Å². The van der Waals surface area contributed by atoms with Crippen LogP contribution in [0.4, 0.5) is 13.2 Å². The van der Waals surface area contributed by atoms with E-state index in [4.69, 9.17) is 4.74 Å². The van der Waals surface area contributed by atoms with Gasteiger partial charge in [0.15, 0.2) is 5.41 Å². The van der Waals surface area contributed by atoms with Crippen molar-refractivity contribution in [1.82, 2.24) is 10.2 Å². The third-order valence-electron chi connectivity index (χ3n) is 3.33. The number of amides is 1. The summed E-state index contributed by atoms with van der Waals surface area (Å²) in [6, 6.07) is 0. The molecule has 0 saturated carbocycles. The summed E-state index contributed by atoms with van der Waals surface area (Å²) in [7, 11) is 1.39. The Kier molecular flexibility index (Phi) is 5.20. The molecule has 0 aromatic heterocycles. The van der Waals surface area contributed by atoms with E-state index in [0.29, 0.717) is 0 Å². The number of halogens is 3. The Bertz CT molecular complexity index is 313. The third-order valence-corrected chi connectivity index (χ3v) is 3.33. The molecule has 0 aromatic carbocycles. The SMILES string of the molecule is CC(C)OCCN(C)C(=O)C1(C(F)(F)F)CCNC1. The standard InChI is InChI=1S/C12H21F3N2O2/c1-9(2)19-7-6-17(3)10(18)11(12(13,14)15)4-5-16-8-11/h9,16H,4-8H2,1-3H3. The number of hydrogen-bond donors (Lipinski definition) is 1. The van der Waals surface area contributed by atoms with Crippen LogP contribution in [0.2, 0.25) is 0 Å². The van der Waals surface area contributed by atoms with Crippen molar-refractivity contribution in [2.24, 2.45) is 5.41 Å². The Balaban J connectivity index is 2.67. The molecule has 0 aromatic rings. The summed E-state index contributed by atoms with van der Waals surface area (Å²) in [5.74, 6) is -0.877. The number of carbonyl (C=O) groups excluding carboxylic acids is 1. The molecule has 1 atom stereocenters. The maximum absolute atomic E-state index is 13.2. The minimum atomic E-state index is -4.53. The van der Waals surface area contributed by atoms with Crippen molar-refractivity contribution >= 4 is 5.91 Å². The second-order valence-electron chi connectivity index (χ2n) is 5.15. The average molecular weight is 282 g/mol. The van der Waals surface area contributed by atoms with Gasteiger partial charge in [-0.1, -0.05) is 0 Å². The summed E-state index contributed by atoms with van der Waals surface area (Å²) in [6.07, 6.45) is -4.74. The van der Waals surface area contributed by atoms with Gasteiger partial charge in [0.2, 0.25) is 5.91 Å². The molecule has 1 unspecified atom stereocenters. The third kappa shape index (κ3) is 3.60. The summed E-state index contributed by atoms with van der Waals surface area (Å²) < 4.78 is 44.7. The fourth-order valence-corrected chi connectivity index (χ4v) is 2.13. The Morgan fingerprint density at radius 2 is 2.11 bits per heavy atom. The van der Waals surface area contributed by atoms with Crippen molar-refractivity contribution in [3.05, 3.63) is 0 Å². The van der Waals surface area contributed by atoms with Crippen LogP contribution < -0.4 is 5.32 Å². The molecular formula is C12H21F3N2O2. The number of nitrogens with one attached hydrogen (secondary N) is 1. The van der Waals surface area contributed by atoms with Crippen molar-refractivity contribution in [1.29, 1.82) is 0 Å². The van der Waals surface area contributed by atoms with Gasteiger partial charge in [0.25, 0.3) is 0 Å². The van der Waals surface area contributed by atoms with E-state index in [1.807, 2.05) is 13.8 Å². The summed E-state index contributed by atoms with van der Waals surface area (Å²) in [5, 5.41) is 2.63. The molecule has 1 aliphatic heterocycles. The highest BCUT2D eigenvalue weighted by Crippen LogP contribution is 2.44. The lowest BCUT2D eigenvalue weighted by Gasteiger charge is -2.33. The second-order valence-corrected chi connectivity index (χ2v) is 5.15. The maximum Gasteiger partial charge on any atom is 0.404 e. The normalized spacial score (nSPS) is 23.9. The molecule has 0 aliphatic carbocycles. The lowest BCUT2D eigenvalue weighted by Crippen LogP contribution is -2.53. The van der Waals surface area contributed by atoms with Gasteiger partial charge >= 0.3 is 6.18 Å². The van der Waals surface area contributed by atoms with Gasteiger partial charge in [0.05, 0.1) is 12.7 Å². The molecule has 1 saturated heterocycles. The van der Waals surface area contributed by atoms with Crippen molar-refractivity contribution < 1.29 is 22.7 Å². The fraction of sp³-hybridized carbons (Fsp3) is 0.917. The highest BCUT2D eigenvalue weighted by molar-refractivity contribution is 5.84. The van der Waals surface area contributed by atoms with E-state index in [0.717, 1.165) is 4.90 Å². The summed E-state index contributed by atoms with van der Waals surface area (Å²) in [4.78, 5) is 13.2. The van der Waals surface area contributed by atoms with Gasteiger partial charge in [0.1, 0.15) is 0 Å². The Hall–Kier alpha value is -0.820. The molecule has 1 N–H and O–H groups in total. The van der Waals surface area contributed by atoms with Crippen molar-refractivity contribution in [2.45, 2.75) is 32.5 Å². The predicted molar refractivity (Wildman–Crippen MR) is 64.7 cm³/mol. The summed E-state index contributed by atoms with van der Waals surface area (Å²) >= 11 is 0. The Morgan fingerprint density at radius 3 is 2.53 bits per heavy atom. The maximum atomic E-state index is 13.2. The Labute approximate surface area is 111 Å². The molecule has 1 fully saturated rings. The van der Waals surface area contributed by atoms with E-state index in [9.17, 15) is 18.0 Å². The highest BCUT2D eigenvalue weighted by atomic mass is 19.4. The van der Waals surface area contributed by atoms with Crippen LogP contribution in [0.1, 0.15) is 20.3 Å². The van der Waals surface area contributed by atoms with Crippen LogP contribution in [0.3, 0.4) is 0 Å². The molecule has 1 rings (SSSR count). The number of nitrogens with zero attached hydrogens (tertiary/aromatic N) is 1. The number of carbonyl (C=O) groups is 1. The van der Waals surface area contributed by atoms with Crippen LogP contribution >= 0.6 is 0 Å². The molecular weight excluding hydrogens is 261 g/mol. The van der Waals surface area contributed by atoms with Gasteiger partial charge in [-0.05, 0) is 26.8 Å². The number of ether oxygens (including phenoxy) is 1. The minimum absolute atomic E-state index is 0.00627. The van der Waals surface area contributed by atoms with Gasteiger partial charge < -0.3 is 15.0 Å². The topological polar surface area (TPSA) is 41.6 Å². The fourth-order valence-electron chi connectivity index (χ4n) is 2.13. The first kappa shape index (κ1) is 16.2. The molecule has 112 valence electrons. The zero-order valence-electron chi connectivity index (χ0n) is 11.5. The zero-order chi connectivity index (χ0) is 14.7. The summed E-state index contributed by atoms with van der Waals surface area (Å²) in [6.45, 7) is 3.93. The number of hydrogen-bond acceptors (Lipinski definition) is 3. The quantitative estimate of drug-likeness (QED) is 0.829. The molecule has 0 bridgehead atoms. The first-order valence-corrected chi connectivity index (χ1v) is 6.35. The van der Waals surface area contributed by atoms with Crippen LogP contribution in [0.5, 0.6) is 0 Å². The number of likely N-dealkylation sites (N-methyl/N-ethyl adjacent to an activating group) is 1. The van der Waals surface area contributed by atoms with E-state index in [1.165, 1.54) is 7.05 Å². The minimum Gasteiger partial charge on any atom is -0.377 e. The van der Waals surface area contributed by atoms with Crippen molar-refractivity contribution in [3.63, 3.8) is 0 Å². The van der Waals surface area contributed by atoms with Crippen LogP contribution in [-0.2, 0) is 9.53 Å². The monoisotopic (exact) mass is 282 g/mol. The number of alkyl halides is 3. The first-order chi connectivity index (χ1) is 8.71. The smallest absolute Gasteiger partial charge is 0.377 e. The molecule has 1 aliphatic rings. The number of rotatable bonds is 5. The van der Waals surface area contributed by atoms with Gasteiger partial charge in [-0.15, -0.1) is 0 Å². The van der Waals surface area contributed by atoms with Crippen LogP contribution in [0.15, 0.2) is 0 Å². The molecule has 0 radical (unpaired) electrons. The first-order valence-electron chi connectivity index (χ1n) is 6.35. The molecule has 1 heterocycles. The van der Waals surface area contributed by atoms with Crippen LogP contribution in [-0.4, -0.2) is 56.4 Å². The second kappa shape index (κ2) is 6.09. The average Bonchev–Trinajstić information content (AvgIpc) is 2.76. The van der Waals surface area contributed by atoms with Crippen LogP contribution in [0.25, 0.3) is 0 Å². The van der Waals surface area contributed by atoms with Gasteiger partial charge in [-0.2, -0.15) is 13.2 Å². The highest BCUT2D eigenvalue weighted by Gasteiger charge is 2.62. The van der Waals surface area contributed by atoms with Crippen molar-refractivity contribution in [3.8, 4) is 0 Å². The predicted octanol–water partition coefficient (Wildman–Crippen LogP) is 1.41. The zero-order valence-corrected chi connectivity index (χ0v) is 11.5. The molecule has 7 heteroatoms. The Morgan fingerprint density at radius 1 is 1.47 bits per heavy atom. The van der Waals surface area contributed by atoms with E-state index in [2.05, 4.69) is 5.32 Å². The molecule has 0 spiro atoms.